The Morgan fingerprint density at radius 1 is 1.32 bits per heavy atom. The van der Waals surface area contributed by atoms with Gasteiger partial charge in [0, 0.05) is 20.3 Å². The second-order valence-corrected chi connectivity index (χ2v) is 12.3. The van der Waals surface area contributed by atoms with E-state index in [9.17, 15) is 14.4 Å². The van der Waals surface area contributed by atoms with E-state index in [0.717, 1.165) is 0 Å². The van der Waals surface area contributed by atoms with Gasteiger partial charge in [-0.3, -0.25) is 19.0 Å². The molecule has 3 atom stereocenters. The predicted octanol–water partition coefficient (Wildman–Crippen LogP) is 0.993. The highest BCUT2D eigenvalue weighted by Gasteiger charge is 2.40. The van der Waals surface area contributed by atoms with Crippen molar-refractivity contribution in [2.45, 2.75) is 58.3 Å². The fourth-order valence-electron chi connectivity index (χ4n) is 2.70. The Balaban J connectivity index is 2.41. The van der Waals surface area contributed by atoms with Crippen molar-refractivity contribution in [3.8, 4) is 11.5 Å². The highest BCUT2D eigenvalue weighted by atomic mass is 28.3. The second-order valence-electron chi connectivity index (χ2n) is 7.55. The Hall–Kier alpha value is -2.64. The first-order valence-electron chi connectivity index (χ1n) is 8.83. The van der Waals surface area contributed by atoms with Crippen LogP contribution in [0.4, 0.5) is 0 Å². The van der Waals surface area contributed by atoms with Crippen molar-refractivity contribution < 1.29 is 28.6 Å². The van der Waals surface area contributed by atoms with Gasteiger partial charge < -0.3 is 19.9 Å². The first-order valence-corrected chi connectivity index (χ1v) is 12.3. The minimum Gasteiger partial charge on any atom is -0.463 e. The highest BCUT2D eigenvalue weighted by Crippen LogP contribution is 2.33. The van der Waals surface area contributed by atoms with E-state index in [4.69, 9.17) is 19.9 Å². The molecule has 2 heterocycles. The molecule has 2 rings (SSSR count). The molecule has 0 saturated carbocycles. The van der Waals surface area contributed by atoms with Crippen LogP contribution in [-0.4, -0.2) is 54.3 Å². The lowest BCUT2D eigenvalue weighted by Gasteiger charge is -2.20. The molecule has 1 fully saturated rings. The van der Waals surface area contributed by atoms with E-state index in [1.54, 1.807) is 4.57 Å². The summed E-state index contributed by atoms with van der Waals surface area (Å²) in [5.41, 5.74) is 8.95. The van der Waals surface area contributed by atoms with E-state index in [1.807, 2.05) is 0 Å². The molecule has 1 aliphatic heterocycles. The lowest BCUT2D eigenvalue weighted by atomic mass is 10.2. The van der Waals surface area contributed by atoms with E-state index in [1.165, 1.54) is 20.2 Å². The monoisotopic (exact) mass is 407 g/mol. The van der Waals surface area contributed by atoms with E-state index in [-0.39, 0.29) is 12.3 Å². The molecule has 1 aromatic heterocycles. The first kappa shape index (κ1) is 21.7. The van der Waals surface area contributed by atoms with Gasteiger partial charge in [0.05, 0.1) is 12.4 Å². The average Bonchev–Trinajstić information content (AvgIpc) is 3.13. The summed E-state index contributed by atoms with van der Waals surface area (Å²) in [7, 11) is -1.75. The van der Waals surface area contributed by atoms with E-state index in [2.05, 4.69) is 36.1 Å². The summed E-state index contributed by atoms with van der Waals surface area (Å²) in [5.74, 6) is 1.38. The molecule has 9 nitrogen and oxygen atoms in total. The lowest BCUT2D eigenvalue weighted by molar-refractivity contribution is -0.153. The topological polar surface area (TPSA) is 123 Å². The predicted molar refractivity (Wildman–Crippen MR) is 102 cm³/mol. The molecule has 1 aliphatic rings. The Morgan fingerprint density at radius 2 is 2.00 bits per heavy atom. The maximum Gasteiger partial charge on any atom is 0.303 e. The number of carbonyl (C=O) groups is 3. The second kappa shape index (κ2) is 8.58. The number of nitrogens with zero attached hydrogens (tertiary/aromatic N) is 2. The highest BCUT2D eigenvalue weighted by molar-refractivity contribution is 6.83. The van der Waals surface area contributed by atoms with Crippen LogP contribution < -0.4 is 5.73 Å². The zero-order valence-corrected chi connectivity index (χ0v) is 17.6. The zero-order chi connectivity index (χ0) is 21.1. The Kier molecular flexibility index (Phi) is 6.63. The maximum atomic E-state index is 11.8. The number of aromatic nitrogens is 2. The summed E-state index contributed by atoms with van der Waals surface area (Å²) < 4.78 is 17.9. The molecule has 0 radical (unpaired) electrons. The molecule has 0 bridgehead atoms. The third-order valence-corrected chi connectivity index (χ3v) is 4.67. The van der Waals surface area contributed by atoms with Gasteiger partial charge in [0.15, 0.2) is 11.9 Å². The maximum absolute atomic E-state index is 11.8. The molecule has 1 aromatic rings. The lowest BCUT2D eigenvalue weighted by Crippen LogP contribution is -2.26. The van der Waals surface area contributed by atoms with Gasteiger partial charge in [-0.2, -0.15) is 0 Å². The molecular formula is C18H25N3O6Si. The number of rotatable bonds is 5. The summed E-state index contributed by atoms with van der Waals surface area (Å²) in [6, 6.07) is 0. The molecule has 0 aromatic carbocycles. The van der Waals surface area contributed by atoms with Crippen LogP contribution in [0.5, 0.6) is 0 Å². The summed E-state index contributed by atoms with van der Waals surface area (Å²) in [4.78, 5) is 38.5. The molecular weight excluding hydrogens is 382 g/mol. The van der Waals surface area contributed by atoms with Gasteiger partial charge in [-0.05, 0) is 0 Å². The molecule has 0 spiro atoms. The minimum atomic E-state index is -1.75. The van der Waals surface area contributed by atoms with Crippen LogP contribution in [0.15, 0.2) is 6.33 Å². The van der Waals surface area contributed by atoms with Crippen LogP contribution in [0.1, 0.15) is 42.7 Å². The van der Waals surface area contributed by atoms with Crippen molar-refractivity contribution in [3.05, 3.63) is 17.7 Å². The summed E-state index contributed by atoms with van der Waals surface area (Å²) in [5, 5.41) is 0. The molecule has 1 amide bonds. The number of nitrogens with two attached hydrogens (primary N) is 1. The van der Waals surface area contributed by atoms with Crippen LogP contribution in [0.3, 0.4) is 0 Å². The van der Waals surface area contributed by atoms with Gasteiger partial charge in [0.2, 0.25) is 0 Å². The smallest absolute Gasteiger partial charge is 0.303 e. The molecule has 1 saturated heterocycles. The van der Waals surface area contributed by atoms with Crippen molar-refractivity contribution in [1.82, 2.24) is 9.55 Å². The number of primary amides is 1. The zero-order valence-electron chi connectivity index (χ0n) is 16.6. The summed E-state index contributed by atoms with van der Waals surface area (Å²) in [6.45, 7) is 8.81. The van der Waals surface area contributed by atoms with Crippen LogP contribution in [0.2, 0.25) is 19.6 Å². The SMILES string of the molecule is CC(=O)OC[C@@H]1C[C@@H](OC(C)=O)[C@H](n2cnc(C(N)=O)c2C#C[Si](C)(C)C)O1. The number of carbonyl (C=O) groups excluding carboxylic acids is 3. The van der Waals surface area contributed by atoms with E-state index >= 15 is 0 Å². The quantitative estimate of drug-likeness (QED) is 0.439. The Morgan fingerprint density at radius 3 is 2.54 bits per heavy atom. The van der Waals surface area contributed by atoms with Gasteiger partial charge >= 0.3 is 11.9 Å². The number of esters is 2. The first-order chi connectivity index (χ1) is 13.0. The van der Waals surface area contributed by atoms with Gasteiger partial charge in [-0.25, -0.2) is 4.98 Å². The van der Waals surface area contributed by atoms with Crippen LogP contribution in [0, 0.1) is 11.5 Å². The molecule has 0 unspecified atom stereocenters. The summed E-state index contributed by atoms with van der Waals surface area (Å²) >= 11 is 0. The van der Waals surface area contributed by atoms with Gasteiger partial charge in [-0.15, -0.1) is 5.54 Å². The number of hydrogen-bond acceptors (Lipinski definition) is 7. The molecule has 10 heteroatoms. The van der Waals surface area contributed by atoms with Gasteiger partial charge in [0.1, 0.15) is 26.5 Å². The average molecular weight is 407 g/mol. The Labute approximate surface area is 164 Å². The van der Waals surface area contributed by atoms with Crippen molar-refractivity contribution in [1.29, 1.82) is 0 Å². The normalized spacial score (nSPS) is 21.5. The fourth-order valence-corrected chi connectivity index (χ4v) is 3.20. The molecule has 28 heavy (non-hydrogen) atoms. The third kappa shape index (κ3) is 5.67. The van der Waals surface area contributed by atoms with Crippen molar-refractivity contribution in [2.24, 2.45) is 5.73 Å². The van der Waals surface area contributed by atoms with Crippen LogP contribution >= 0.6 is 0 Å². The largest absolute Gasteiger partial charge is 0.463 e. The van der Waals surface area contributed by atoms with Crippen molar-refractivity contribution >= 4 is 25.9 Å². The van der Waals surface area contributed by atoms with Crippen LogP contribution in [-0.2, 0) is 23.8 Å². The number of amides is 1. The molecule has 0 aliphatic carbocycles. The molecule has 152 valence electrons. The molecule has 2 N–H and O–H groups in total. The van der Waals surface area contributed by atoms with E-state index < -0.39 is 44.4 Å². The third-order valence-electron chi connectivity index (χ3n) is 3.79. The van der Waals surface area contributed by atoms with Gasteiger partial charge in [0.25, 0.3) is 5.91 Å². The van der Waals surface area contributed by atoms with Crippen molar-refractivity contribution in [2.75, 3.05) is 6.61 Å². The summed E-state index contributed by atoms with van der Waals surface area (Å²) in [6.07, 6.45) is -0.182. The van der Waals surface area contributed by atoms with E-state index in [0.29, 0.717) is 12.1 Å². The van der Waals surface area contributed by atoms with Crippen LogP contribution in [0.25, 0.3) is 0 Å². The Bertz CT molecular complexity index is 833. The number of imidazole rings is 1. The van der Waals surface area contributed by atoms with Gasteiger partial charge in [-0.1, -0.05) is 25.6 Å². The fraction of sp³-hybridized carbons (Fsp3) is 0.556. The standard InChI is InChI=1S/C18H25N3O6Si/c1-11(22)25-9-13-8-15(26-12(2)23)18(27-13)21-10-20-16(17(19)24)14(21)6-7-28(3,4)5/h10,13,15,18H,8-9H2,1-5H3,(H2,19,24)/t13-,15+,18+/m0/s1. The minimum absolute atomic E-state index is 0.0247. The van der Waals surface area contributed by atoms with Crippen molar-refractivity contribution in [3.63, 3.8) is 0 Å². The number of hydrogen-bond donors (Lipinski definition) is 1. The number of ether oxygens (including phenoxy) is 3.